The molecular formula is C14H18N2O3S. The molecule has 3 N–H and O–H groups in total. The number of sulfonamides is 1. The van der Waals surface area contributed by atoms with Crippen molar-refractivity contribution in [1.82, 2.24) is 4.72 Å². The van der Waals surface area contributed by atoms with Crippen molar-refractivity contribution < 1.29 is 12.8 Å². The van der Waals surface area contributed by atoms with Crippen LogP contribution in [0.1, 0.15) is 22.6 Å². The van der Waals surface area contributed by atoms with E-state index in [2.05, 4.69) is 4.72 Å². The minimum atomic E-state index is -3.61. The summed E-state index contributed by atoms with van der Waals surface area (Å²) in [6.45, 7) is 5.52. The Morgan fingerprint density at radius 2 is 1.90 bits per heavy atom. The molecule has 0 amide bonds. The van der Waals surface area contributed by atoms with E-state index in [-0.39, 0.29) is 11.4 Å². The first-order valence-electron chi connectivity index (χ1n) is 6.21. The Morgan fingerprint density at radius 3 is 2.50 bits per heavy atom. The fourth-order valence-electron chi connectivity index (χ4n) is 1.96. The molecular weight excluding hydrogens is 276 g/mol. The zero-order chi connectivity index (χ0) is 14.9. The highest BCUT2D eigenvalue weighted by Gasteiger charge is 2.18. The van der Waals surface area contributed by atoms with Crippen LogP contribution in [-0.4, -0.2) is 8.42 Å². The van der Waals surface area contributed by atoms with Crippen molar-refractivity contribution >= 4 is 15.7 Å². The lowest BCUT2D eigenvalue weighted by atomic mass is 10.1. The lowest BCUT2D eigenvalue weighted by Crippen LogP contribution is -2.24. The van der Waals surface area contributed by atoms with Crippen molar-refractivity contribution in [3.05, 3.63) is 46.9 Å². The van der Waals surface area contributed by atoms with Crippen LogP contribution in [0.4, 0.5) is 5.69 Å². The normalized spacial score (nSPS) is 11.8. The second-order valence-corrected chi connectivity index (χ2v) is 6.53. The number of rotatable bonds is 4. The summed E-state index contributed by atoms with van der Waals surface area (Å²) in [7, 11) is -3.61. The van der Waals surface area contributed by atoms with Gasteiger partial charge >= 0.3 is 0 Å². The molecule has 0 aliphatic heterocycles. The molecule has 5 nitrogen and oxygen atoms in total. The first-order valence-corrected chi connectivity index (χ1v) is 7.69. The summed E-state index contributed by atoms with van der Waals surface area (Å²) in [5.74, 6) is 1.32. The average Bonchev–Trinajstić information content (AvgIpc) is 2.77. The van der Waals surface area contributed by atoms with Crippen LogP contribution < -0.4 is 10.5 Å². The molecule has 0 bridgehead atoms. The first-order chi connectivity index (χ1) is 9.29. The van der Waals surface area contributed by atoms with E-state index in [0.717, 1.165) is 11.3 Å². The van der Waals surface area contributed by atoms with E-state index in [0.29, 0.717) is 17.0 Å². The van der Waals surface area contributed by atoms with Crippen molar-refractivity contribution in [1.29, 1.82) is 0 Å². The van der Waals surface area contributed by atoms with Gasteiger partial charge in [0.25, 0.3) is 0 Å². The molecule has 0 radical (unpaired) electrons. The van der Waals surface area contributed by atoms with Crippen molar-refractivity contribution in [2.45, 2.75) is 32.2 Å². The Hall–Kier alpha value is -1.79. The molecule has 1 heterocycles. The summed E-state index contributed by atoms with van der Waals surface area (Å²) < 4.78 is 32.5. The smallest absolute Gasteiger partial charge is 0.241 e. The molecule has 6 heteroatoms. The summed E-state index contributed by atoms with van der Waals surface area (Å²) >= 11 is 0. The van der Waals surface area contributed by atoms with Crippen molar-refractivity contribution in [2.75, 3.05) is 5.73 Å². The number of benzene rings is 1. The van der Waals surface area contributed by atoms with Crippen LogP contribution in [-0.2, 0) is 16.6 Å². The van der Waals surface area contributed by atoms with Gasteiger partial charge in [-0.15, -0.1) is 0 Å². The predicted octanol–water partition coefficient (Wildman–Crippen LogP) is 2.27. The van der Waals surface area contributed by atoms with E-state index in [1.165, 1.54) is 6.07 Å². The van der Waals surface area contributed by atoms with Crippen LogP contribution in [0.3, 0.4) is 0 Å². The average molecular weight is 294 g/mol. The lowest BCUT2D eigenvalue weighted by molar-refractivity contribution is 0.475. The van der Waals surface area contributed by atoms with Crippen LogP contribution >= 0.6 is 0 Å². The third kappa shape index (κ3) is 3.02. The highest BCUT2D eigenvalue weighted by Crippen LogP contribution is 2.22. The summed E-state index contributed by atoms with van der Waals surface area (Å²) in [5.41, 5.74) is 7.70. The summed E-state index contributed by atoms with van der Waals surface area (Å²) in [6, 6.07) is 6.76. The Kier molecular flexibility index (Phi) is 3.87. The van der Waals surface area contributed by atoms with Gasteiger partial charge < -0.3 is 10.2 Å². The number of hydrogen-bond donors (Lipinski definition) is 2. The quantitative estimate of drug-likeness (QED) is 0.847. The second kappa shape index (κ2) is 5.30. The van der Waals surface area contributed by atoms with Gasteiger partial charge in [-0.1, -0.05) is 0 Å². The van der Waals surface area contributed by atoms with E-state index in [4.69, 9.17) is 10.2 Å². The molecule has 20 heavy (non-hydrogen) atoms. The highest BCUT2D eigenvalue weighted by atomic mass is 32.2. The van der Waals surface area contributed by atoms with E-state index >= 15 is 0 Å². The number of nitrogens with two attached hydrogens (primary N) is 1. The largest absolute Gasteiger partial charge is 0.465 e. The van der Waals surface area contributed by atoms with Gasteiger partial charge in [0.1, 0.15) is 11.5 Å². The monoisotopic (exact) mass is 294 g/mol. The number of aryl methyl sites for hydroxylation is 2. The maximum atomic E-state index is 12.3. The first kappa shape index (κ1) is 14.6. The molecule has 0 aliphatic carbocycles. The Morgan fingerprint density at radius 1 is 1.20 bits per heavy atom. The van der Waals surface area contributed by atoms with E-state index < -0.39 is 10.0 Å². The maximum absolute atomic E-state index is 12.3. The molecule has 1 aromatic carbocycles. The van der Waals surface area contributed by atoms with Crippen molar-refractivity contribution in [3.8, 4) is 0 Å². The van der Waals surface area contributed by atoms with Gasteiger partial charge in [0, 0.05) is 5.69 Å². The molecule has 0 saturated heterocycles. The van der Waals surface area contributed by atoms with E-state index in [9.17, 15) is 8.42 Å². The lowest BCUT2D eigenvalue weighted by Gasteiger charge is -2.11. The Labute approximate surface area is 118 Å². The van der Waals surface area contributed by atoms with Gasteiger partial charge in [0.15, 0.2) is 0 Å². The molecule has 0 unspecified atom stereocenters. The van der Waals surface area contributed by atoms with E-state index in [1.54, 1.807) is 25.1 Å². The molecule has 0 atom stereocenters. The van der Waals surface area contributed by atoms with Crippen molar-refractivity contribution in [3.63, 3.8) is 0 Å². The topological polar surface area (TPSA) is 85.3 Å². The zero-order valence-electron chi connectivity index (χ0n) is 11.7. The van der Waals surface area contributed by atoms with Crippen LogP contribution in [0.5, 0.6) is 0 Å². The van der Waals surface area contributed by atoms with Gasteiger partial charge in [0.05, 0.1) is 11.4 Å². The highest BCUT2D eigenvalue weighted by molar-refractivity contribution is 7.89. The minimum absolute atomic E-state index is 0.115. The van der Waals surface area contributed by atoms with Crippen molar-refractivity contribution in [2.24, 2.45) is 0 Å². The summed E-state index contributed by atoms with van der Waals surface area (Å²) in [5, 5.41) is 0. The second-order valence-electron chi connectivity index (χ2n) is 4.80. The van der Waals surface area contributed by atoms with Gasteiger partial charge in [-0.25, -0.2) is 13.1 Å². The molecule has 108 valence electrons. The van der Waals surface area contributed by atoms with Gasteiger partial charge in [0.2, 0.25) is 10.0 Å². The molecule has 0 saturated carbocycles. The van der Waals surface area contributed by atoms with Crippen LogP contribution in [0.15, 0.2) is 33.6 Å². The number of furan rings is 1. The fourth-order valence-corrected chi connectivity index (χ4v) is 3.30. The van der Waals surface area contributed by atoms with Crippen LogP contribution in [0.25, 0.3) is 0 Å². The molecule has 0 fully saturated rings. The summed E-state index contributed by atoms with van der Waals surface area (Å²) in [4.78, 5) is 0.207. The van der Waals surface area contributed by atoms with E-state index in [1.807, 2.05) is 13.8 Å². The number of anilines is 1. The van der Waals surface area contributed by atoms with Gasteiger partial charge in [-0.05, 0) is 56.2 Å². The third-order valence-corrected chi connectivity index (χ3v) is 4.69. The third-order valence-electron chi connectivity index (χ3n) is 3.16. The predicted molar refractivity (Wildman–Crippen MR) is 77.8 cm³/mol. The Balaban J connectivity index is 2.27. The number of hydrogen-bond acceptors (Lipinski definition) is 4. The Bertz CT molecular complexity index is 733. The number of nitrogen functional groups attached to an aromatic ring is 1. The van der Waals surface area contributed by atoms with Gasteiger partial charge in [-0.2, -0.15) is 0 Å². The SMILES string of the molecule is Cc1ccc(CNS(=O)(=O)c2cc(N)cc(C)c2C)o1. The minimum Gasteiger partial charge on any atom is -0.465 e. The fraction of sp³-hybridized carbons (Fsp3) is 0.286. The van der Waals surface area contributed by atoms with Crippen LogP contribution in [0.2, 0.25) is 0 Å². The van der Waals surface area contributed by atoms with Gasteiger partial charge in [-0.3, -0.25) is 0 Å². The molecule has 0 aliphatic rings. The zero-order valence-corrected chi connectivity index (χ0v) is 12.5. The molecule has 2 rings (SSSR count). The van der Waals surface area contributed by atoms with Crippen LogP contribution in [0, 0.1) is 20.8 Å². The maximum Gasteiger partial charge on any atom is 0.241 e. The molecule has 0 spiro atoms. The molecule has 1 aromatic heterocycles. The standard InChI is InChI=1S/C14H18N2O3S/c1-9-6-12(15)7-14(11(9)3)20(17,18)16-8-13-5-4-10(2)19-13/h4-7,16H,8,15H2,1-3H3. The number of nitrogens with one attached hydrogen (secondary N) is 1. The summed E-state index contributed by atoms with van der Waals surface area (Å²) in [6.07, 6.45) is 0. The molecule has 2 aromatic rings.